The largest absolute Gasteiger partial charge is 0.351 e. The maximum absolute atomic E-state index is 12.3. The van der Waals surface area contributed by atoms with Gasteiger partial charge >= 0.3 is 0 Å². The molecule has 0 bridgehead atoms. The number of benzene rings is 2. The maximum Gasteiger partial charge on any atom is 0.251 e. The average Bonchev–Trinajstić information content (AvgIpc) is 2.80. The van der Waals surface area contributed by atoms with Crippen molar-refractivity contribution in [1.29, 1.82) is 0 Å². The van der Waals surface area contributed by atoms with E-state index in [0.29, 0.717) is 11.7 Å². The first kappa shape index (κ1) is 14.7. The van der Waals surface area contributed by atoms with Crippen LogP contribution in [0.2, 0.25) is 0 Å². The maximum atomic E-state index is 12.3. The Bertz CT molecular complexity index is 633. The van der Waals surface area contributed by atoms with Crippen molar-refractivity contribution >= 4 is 23.2 Å². The molecule has 1 atom stereocenters. The van der Waals surface area contributed by atoms with Crippen LogP contribution in [0.15, 0.2) is 60.7 Å². The topological polar surface area (TPSA) is 32.3 Å². The summed E-state index contributed by atoms with van der Waals surface area (Å²) in [5.41, 5.74) is 2.37. The molecule has 1 unspecified atom stereocenters. The van der Waals surface area contributed by atoms with Crippen molar-refractivity contribution in [3.63, 3.8) is 0 Å². The van der Waals surface area contributed by atoms with E-state index in [2.05, 4.69) is 29.6 Å². The standard InChI is InChI=1S/C18H18N2OS/c1-13-17(21)20(18(22)19-13)12-16(14-8-4-2-5-9-14)15-10-6-3-7-11-15/h2-11,13,16H,12H2,1H3,(H,19,22). The summed E-state index contributed by atoms with van der Waals surface area (Å²) in [4.78, 5) is 14.0. The molecular weight excluding hydrogens is 292 g/mol. The molecule has 0 radical (unpaired) electrons. The zero-order valence-electron chi connectivity index (χ0n) is 12.4. The fourth-order valence-corrected chi connectivity index (χ4v) is 3.13. The molecular formula is C18H18N2OS. The first-order valence-electron chi connectivity index (χ1n) is 7.38. The lowest BCUT2D eigenvalue weighted by molar-refractivity contribution is -0.126. The summed E-state index contributed by atoms with van der Waals surface area (Å²) >= 11 is 5.31. The zero-order valence-corrected chi connectivity index (χ0v) is 13.2. The molecule has 4 heteroatoms. The molecule has 1 aliphatic rings. The van der Waals surface area contributed by atoms with Gasteiger partial charge in [-0.25, -0.2) is 0 Å². The lowest BCUT2D eigenvalue weighted by atomic mass is 9.91. The number of carbonyl (C=O) groups is 1. The highest BCUT2D eigenvalue weighted by atomic mass is 32.1. The van der Waals surface area contributed by atoms with E-state index in [-0.39, 0.29) is 17.9 Å². The molecule has 0 aliphatic carbocycles. The second kappa shape index (κ2) is 6.28. The minimum absolute atomic E-state index is 0.0434. The fourth-order valence-electron chi connectivity index (χ4n) is 2.79. The van der Waals surface area contributed by atoms with E-state index < -0.39 is 0 Å². The van der Waals surface area contributed by atoms with Gasteiger partial charge in [-0.15, -0.1) is 0 Å². The molecule has 2 aromatic rings. The van der Waals surface area contributed by atoms with Crippen molar-refractivity contribution in [2.45, 2.75) is 18.9 Å². The van der Waals surface area contributed by atoms with E-state index in [4.69, 9.17) is 12.2 Å². The Kier molecular flexibility index (Phi) is 4.20. The van der Waals surface area contributed by atoms with Crippen molar-refractivity contribution in [2.24, 2.45) is 0 Å². The molecule has 3 rings (SSSR count). The van der Waals surface area contributed by atoms with Gasteiger partial charge in [0.1, 0.15) is 6.04 Å². The van der Waals surface area contributed by atoms with Gasteiger partial charge in [0.25, 0.3) is 5.91 Å². The molecule has 3 nitrogen and oxygen atoms in total. The number of hydrogen-bond acceptors (Lipinski definition) is 2. The van der Waals surface area contributed by atoms with Crippen LogP contribution >= 0.6 is 12.2 Å². The highest BCUT2D eigenvalue weighted by molar-refractivity contribution is 7.80. The van der Waals surface area contributed by atoms with Crippen LogP contribution in [0, 0.1) is 0 Å². The quantitative estimate of drug-likeness (QED) is 0.881. The molecule has 1 aliphatic heterocycles. The third-order valence-electron chi connectivity index (χ3n) is 3.99. The Morgan fingerprint density at radius 1 is 1.05 bits per heavy atom. The summed E-state index contributed by atoms with van der Waals surface area (Å²) in [6, 6.07) is 20.2. The van der Waals surface area contributed by atoms with E-state index in [0.717, 1.165) is 0 Å². The fraction of sp³-hybridized carbons (Fsp3) is 0.222. The van der Waals surface area contributed by atoms with Crippen LogP contribution < -0.4 is 5.32 Å². The predicted molar refractivity (Wildman–Crippen MR) is 91.6 cm³/mol. The summed E-state index contributed by atoms with van der Waals surface area (Å²) in [7, 11) is 0. The van der Waals surface area contributed by atoms with Crippen LogP contribution in [-0.4, -0.2) is 28.5 Å². The SMILES string of the molecule is CC1NC(=S)N(CC(c2ccccc2)c2ccccc2)C1=O. The summed E-state index contributed by atoms with van der Waals surface area (Å²) in [6.45, 7) is 2.40. The summed E-state index contributed by atoms with van der Waals surface area (Å²) in [5, 5.41) is 3.56. The minimum atomic E-state index is -0.236. The van der Waals surface area contributed by atoms with Gasteiger partial charge in [-0.05, 0) is 30.3 Å². The highest BCUT2D eigenvalue weighted by Crippen LogP contribution is 2.26. The van der Waals surface area contributed by atoms with Gasteiger partial charge in [-0.3, -0.25) is 9.69 Å². The minimum Gasteiger partial charge on any atom is -0.351 e. The molecule has 0 saturated carbocycles. The second-order valence-corrected chi connectivity index (χ2v) is 5.88. The van der Waals surface area contributed by atoms with Gasteiger partial charge in [0.15, 0.2) is 5.11 Å². The number of nitrogens with zero attached hydrogens (tertiary/aromatic N) is 1. The summed E-state index contributed by atoms with van der Waals surface area (Å²) in [6.07, 6.45) is 0. The molecule has 22 heavy (non-hydrogen) atoms. The Morgan fingerprint density at radius 2 is 1.55 bits per heavy atom. The van der Waals surface area contributed by atoms with Crippen LogP contribution in [0.4, 0.5) is 0 Å². The first-order valence-corrected chi connectivity index (χ1v) is 7.79. The Morgan fingerprint density at radius 3 is 1.95 bits per heavy atom. The number of rotatable bonds is 4. The van der Waals surface area contributed by atoms with Crippen LogP contribution in [0.1, 0.15) is 24.0 Å². The van der Waals surface area contributed by atoms with Crippen LogP contribution in [0.25, 0.3) is 0 Å². The number of hydrogen-bond donors (Lipinski definition) is 1. The summed E-state index contributed by atoms with van der Waals surface area (Å²) in [5.74, 6) is 0.151. The first-order chi connectivity index (χ1) is 10.7. The molecule has 1 N–H and O–H groups in total. The number of amides is 1. The number of nitrogens with one attached hydrogen (secondary N) is 1. The molecule has 1 amide bonds. The molecule has 0 aromatic heterocycles. The van der Waals surface area contributed by atoms with Gasteiger partial charge < -0.3 is 5.32 Å². The average molecular weight is 310 g/mol. The van der Waals surface area contributed by atoms with E-state index in [9.17, 15) is 4.79 Å². The third-order valence-corrected chi connectivity index (χ3v) is 4.33. The van der Waals surface area contributed by atoms with E-state index >= 15 is 0 Å². The van der Waals surface area contributed by atoms with Crippen molar-refractivity contribution < 1.29 is 4.79 Å². The van der Waals surface area contributed by atoms with Crippen LogP contribution in [-0.2, 0) is 4.79 Å². The van der Waals surface area contributed by atoms with E-state index in [1.807, 2.05) is 43.3 Å². The lowest BCUT2D eigenvalue weighted by Crippen LogP contribution is -2.35. The molecule has 2 aromatic carbocycles. The molecule has 1 saturated heterocycles. The Labute approximate surface area is 136 Å². The molecule has 112 valence electrons. The molecule has 1 heterocycles. The number of thiocarbonyl (C=S) groups is 1. The van der Waals surface area contributed by atoms with Gasteiger partial charge in [0.05, 0.1) is 0 Å². The van der Waals surface area contributed by atoms with E-state index in [1.54, 1.807) is 4.90 Å². The smallest absolute Gasteiger partial charge is 0.251 e. The monoisotopic (exact) mass is 310 g/mol. The molecule has 0 spiro atoms. The zero-order chi connectivity index (χ0) is 15.5. The molecule has 1 fully saturated rings. The van der Waals surface area contributed by atoms with Gasteiger partial charge in [0, 0.05) is 12.5 Å². The van der Waals surface area contributed by atoms with Crippen molar-refractivity contribution in [3.8, 4) is 0 Å². The van der Waals surface area contributed by atoms with Crippen molar-refractivity contribution in [3.05, 3.63) is 71.8 Å². The predicted octanol–water partition coefficient (Wildman–Crippen LogP) is 2.92. The van der Waals surface area contributed by atoms with Crippen LogP contribution in [0.5, 0.6) is 0 Å². The number of carbonyl (C=O) groups excluding carboxylic acids is 1. The van der Waals surface area contributed by atoms with Gasteiger partial charge in [-0.2, -0.15) is 0 Å². The third kappa shape index (κ3) is 2.88. The van der Waals surface area contributed by atoms with Gasteiger partial charge in [-0.1, -0.05) is 60.7 Å². The van der Waals surface area contributed by atoms with Crippen LogP contribution in [0.3, 0.4) is 0 Å². The normalized spacial score (nSPS) is 17.9. The van der Waals surface area contributed by atoms with Gasteiger partial charge in [0.2, 0.25) is 0 Å². The Balaban J connectivity index is 1.93. The van der Waals surface area contributed by atoms with E-state index in [1.165, 1.54) is 11.1 Å². The Hall–Kier alpha value is -2.20. The van der Waals surface area contributed by atoms with Crippen molar-refractivity contribution in [2.75, 3.05) is 6.54 Å². The second-order valence-electron chi connectivity index (χ2n) is 5.49. The lowest BCUT2D eigenvalue weighted by Gasteiger charge is -2.24. The van der Waals surface area contributed by atoms with Crippen molar-refractivity contribution in [1.82, 2.24) is 10.2 Å². The highest BCUT2D eigenvalue weighted by Gasteiger charge is 2.34. The summed E-state index contributed by atoms with van der Waals surface area (Å²) < 4.78 is 0.